The summed E-state index contributed by atoms with van der Waals surface area (Å²) in [5.41, 5.74) is 5.91. The summed E-state index contributed by atoms with van der Waals surface area (Å²) in [5.74, 6) is 0.548. The highest BCUT2D eigenvalue weighted by molar-refractivity contribution is 7.80. The summed E-state index contributed by atoms with van der Waals surface area (Å²) in [5, 5.41) is 10.5. The number of hydrogen-bond acceptors (Lipinski definition) is 5. The van der Waals surface area contributed by atoms with Crippen molar-refractivity contribution in [2.45, 2.75) is 13.8 Å². The predicted molar refractivity (Wildman–Crippen MR) is 79.3 cm³/mol. The van der Waals surface area contributed by atoms with E-state index in [1.54, 1.807) is 19.2 Å². The smallest absolute Gasteiger partial charge is 0.271 e. The van der Waals surface area contributed by atoms with Gasteiger partial charge < -0.3 is 16.0 Å². The maximum Gasteiger partial charge on any atom is 0.271 e. The van der Waals surface area contributed by atoms with E-state index in [1.165, 1.54) is 0 Å². The minimum absolute atomic E-state index is 0.0929. The number of nitrogens with zero attached hydrogens (tertiary/aromatic N) is 3. The quantitative estimate of drug-likeness (QED) is 0.742. The molecule has 0 saturated carbocycles. The molecule has 1 aromatic rings. The lowest BCUT2D eigenvalue weighted by molar-refractivity contribution is 0.0957. The maximum absolute atomic E-state index is 11.4. The van der Waals surface area contributed by atoms with Gasteiger partial charge in [0.25, 0.3) is 5.91 Å². The second kappa shape index (κ2) is 6.98. The van der Waals surface area contributed by atoms with Crippen molar-refractivity contribution in [3.05, 3.63) is 17.8 Å². The maximum atomic E-state index is 11.4. The fourth-order valence-electron chi connectivity index (χ4n) is 1.55. The van der Waals surface area contributed by atoms with Gasteiger partial charge in [0, 0.05) is 26.1 Å². The number of thiocarbonyl (C=S) groups is 1. The standard InChI is InChI=1S/C12H19N5OS/c1-4-17(7-8(2)11(13)19)10-6-5-9(15-16-10)12(18)14-3/h5-6,8H,4,7H2,1-3H3,(H2,13,19)(H,14,18). The van der Waals surface area contributed by atoms with Gasteiger partial charge in [0.1, 0.15) is 0 Å². The number of nitrogens with one attached hydrogen (secondary N) is 1. The molecule has 0 aliphatic rings. The SMILES string of the molecule is CCN(CC(C)C(N)=S)c1ccc(C(=O)NC)nn1. The van der Waals surface area contributed by atoms with Gasteiger partial charge in [-0.05, 0) is 19.1 Å². The first kappa shape index (κ1) is 15.3. The van der Waals surface area contributed by atoms with E-state index >= 15 is 0 Å². The fourth-order valence-corrected chi connectivity index (χ4v) is 1.62. The second-order valence-electron chi connectivity index (χ2n) is 4.20. The van der Waals surface area contributed by atoms with Crippen LogP contribution in [0.15, 0.2) is 12.1 Å². The van der Waals surface area contributed by atoms with Crippen molar-refractivity contribution in [3.8, 4) is 0 Å². The Hall–Kier alpha value is -1.76. The summed E-state index contributed by atoms with van der Waals surface area (Å²) in [4.78, 5) is 13.9. The summed E-state index contributed by atoms with van der Waals surface area (Å²) < 4.78 is 0. The third kappa shape index (κ3) is 4.13. The summed E-state index contributed by atoms with van der Waals surface area (Å²) in [7, 11) is 1.56. The third-order valence-electron chi connectivity index (χ3n) is 2.80. The summed E-state index contributed by atoms with van der Waals surface area (Å²) in [6.45, 7) is 5.43. The Morgan fingerprint density at radius 2 is 2.21 bits per heavy atom. The Balaban J connectivity index is 2.82. The number of hydrogen-bond donors (Lipinski definition) is 2. The van der Waals surface area contributed by atoms with Crippen molar-refractivity contribution >= 4 is 28.9 Å². The van der Waals surface area contributed by atoms with Gasteiger partial charge in [-0.15, -0.1) is 10.2 Å². The minimum Gasteiger partial charge on any atom is -0.393 e. The van der Waals surface area contributed by atoms with Crippen LogP contribution in [0.1, 0.15) is 24.3 Å². The molecule has 1 heterocycles. The van der Waals surface area contributed by atoms with E-state index in [1.807, 2.05) is 18.7 Å². The van der Waals surface area contributed by atoms with Crippen molar-refractivity contribution in [1.82, 2.24) is 15.5 Å². The zero-order valence-electron chi connectivity index (χ0n) is 11.4. The van der Waals surface area contributed by atoms with E-state index in [4.69, 9.17) is 18.0 Å². The van der Waals surface area contributed by atoms with Crippen molar-refractivity contribution in [3.63, 3.8) is 0 Å². The molecule has 0 aliphatic heterocycles. The topological polar surface area (TPSA) is 84.1 Å². The van der Waals surface area contributed by atoms with E-state index in [2.05, 4.69) is 15.5 Å². The first-order valence-electron chi connectivity index (χ1n) is 6.09. The van der Waals surface area contributed by atoms with Gasteiger partial charge in [-0.2, -0.15) is 0 Å². The molecule has 1 rings (SSSR count). The third-order valence-corrected chi connectivity index (χ3v) is 3.20. The van der Waals surface area contributed by atoms with Crippen LogP contribution in [0.3, 0.4) is 0 Å². The highest BCUT2D eigenvalue weighted by Crippen LogP contribution is 2.12. The van der Waals surface area contributed by atoms with Crippen LogP contribution in [0.25, 0.3) is 0 Å². The predicted octanol–water partition coefficient (Wildman–Crippen LogP) is 0.585. The Morgan fingerprint density at radius 1 is 1.53 bits per heavy atom. The normalized spacial score (nSPS) is 11.7. The van der Waals surface area contributed by atoms with Crippen molar-refractivity contribution in [1.29, 1.82) is 0 Å². The van der Waals surface area contributed by atoms with Gasteiger partial charge in [0.2, 0.25) is 0 Å². The molecule has 0 spiro atoms. The lowest BCUT2D eigenvalue weighted by Crippen LogP contribution is -2.34. The monoisotopic (exact) mass is 281 g/mol. The summed E-state index contributed by atoms with van der Waals surface area (Å²) in [6.07, 6.45) is 0. The molecule has 7 heteroatoms. The van der Waals surface area contributed by atoms with E-state index in [0.29, 0.717) is 23.0 Å². The highest BCUT2D eigenvalue weighted by Gasteiger charge is 2.14. The molecule has 104 valence electrons. The molecule has 6 nitrogen and oxygen atoms in total. The zero-order chi connectivity index (χ0) is 14.4. The molecule has 19 heavy (non-hydrogen) atoms. The molecule has 0 aliphatic carbocycles. The average molecular weight is 281 g/mol. The Bertz CT molecular complexity index is 448. The molecule has 0 bridgehead atoms. The molecule has 1 atom stereocenters. The number of carbonyl (C=O) groups excluding carboxylic acids is 1. The molecule has 1 amide bonds. The number of anilines is 1. The van der Waals surface area contributed by atoms with Crippen LogP contribution in [0.2, 0.25) is 0 Å². The Morgan fingerprint density at radius 3 is 2.63 bits per heavy atom. The van der Waals surface area contributed by atoms with Gasteiger partial charge >= 0.3 is 0 Å². The molecule has 0 fully saturated rings. The molecule has 0 saturated heterocycles. The van der Waals surface area contributed by atoms with Crippen LogP contribution in [-0.4, -0.2) is 41.2 Å². The summed E-state index contributed by atoms with van der Waals surface area (Å²) in [6, 6.07) is 3.42. The molecular formula is C12H19N5OS. The van der Waals surface area contributed by atoms with E-state index in [-0.39, 0.29) is 11.8 Å². The van der Waals surface area contributed by atoms with Crippen LogP contribution in [0.5, 0.6) is 0 Å². The average Bonchev–Trinajstić information content (AvgIpc) is 2.43. The Kier molecular flexibility index (Phi) is 5.62. The molecule has 0 radical (unpaired) electrons. The molecule has 1 unspecified atom stereocenters. The number of amides is 1. The van der Waals surface area contributed by atoms with Gasteiger partial charge in [-0.25, -0.2) is 0 Å². The van der Waals surface area contributed by atoms with Gasteiger partial charge in [-0.3, -0.25) is 4.79 Å². The van der Waals surface area contributed by atoms with Crippen LogP contribution in [-0.2, 0) is 0 Å². The first-order chi connectivity index (χ1) is 8.99. The minimum atomic E-state index is -0.251. The van der Waals surface area contributed by atoms with Crippen LogP contribution in [0.4, 0.5) is 5.82 Å². The van der Waals surface area contributed by atoms with Gasteiger partial charge in [-0.1, -0.05) is 19.1 Å². The molecule has 0 aromatic carbocycles. The fraction of sp³-hybridized carbons (Fsp3) is 0.500. The lowest BCUT2D eigenvalue weighted by Gasteiger charge is -2.24. The lowest BCUT2D eigenvalue weighted by atomic mass is 10.1. The highest BCUT2D eigenvalue weighted by atomic mass is 32.1. The molecule has 1 aromatic heterocycles. The number of aromatic nitrogens is 2. The molecular weight excluding hydrogens is 262 g/mol. The van der Waals surface area contributed by atoms with E-state index < -0.39 is 0 Å². The van der Waals surface area contributed by atoms with Crippen LogP contribution in [0, 0.1) is 5.92 Å². The zero-order valence-corrected chi connectivity index (χ0v) is 12.2. The van der Waals surface area contributed by atoms with E-state index in [9.17, 15) is 4.79 Å². The van der Waals surface area contributed by atoms with Crippen molar-refractivity contribution < 1.29 is 4.79 Å². The molecule has 3 N–H and O–H groups in total. The van der Waals surface area contributed by atoms with E-state index in [0.717, 1.165) is 6.54 Å². The van der Waals surface area contributed by atoms with Crippen LogP contribution < -0.4 is 16.0 Å². The second-order valence-corrected chi connectivity index (χ2v) is 4.67. The van der Waals surface area contributed by atoms with Crippen LogP contribution >= 0.6 is 12.2 Å². The van der Waals surface area contributed by atoms with Gasteiger partial charge in [0.15, 0.2) is 11.5 Å². The number of nitrogens with two attached hydrogens (primary N) is 1. The van der Waals surface area contributed by atoms with Crippen molar-refractivity contribution in [2.24, 2.45) is 11.7 Å². The summed E-state index contributed by atoms with van der Waals surface area (Å²) >= 11 is 4.97. The largest absolute Gasteiger partial charge is 0.393 e. The number of carbonyl (C=O) groups is 1. The van der Waals surface area contributed by atoms with Gasteiger partial charge in [0.05, 0.1) is 4.99 Å². The van der Waals surface area contributed by atoms with Crippen molar-refractivity contribution in [2.75, 3.05) is 25.0 Å². The first-order valence-corrected chi connectivity index (χ1v) is 6.50. The number of rotatable bonds is 6. The Labute approximate surface area is 118 Å².